The average Bonchev–Trinajstić information content (AvgIpc) is 3.04. The molecule has 0 saturated carbocycles. The number of pyridine rings is 1. The van der Waals surface area contributed by atoms with Gasteiger partial charge >= 0.3 is 0 Å². The lowest BCUT2D eigenvalue weighted by Crippen LogP contribution is -2.06. The van der Waals surface area contributed by atoms with Gasteiger partial charge in [0.05, 0.1) is 5.51 Å². The molecule has 0 bridgehead atoms. The minimum atomic E-state index is -0.0327. The topological polar surface area (TPSA) is 47.8 Å². The predicted molar refractivity (Wildman–Crippen MR) is 75.9 cm³/mol. The van der Waals surface area contributed by atoms with E-state index in [1.165, 1.54) is 11.3 Å². The number of Topliss-reactive ketones (excluding diaryl/α,β-unsaturated/α-hetero) is 1. The quantitative estimate of drug-likeness (QED) is 0.686. The Hall–Kier alpha value is -2.01. The first-order chi connectivity index (χ1) is 9.18. The van der Waals surface area contributed by atoms with Gasteiger partial charge < -0.3 is 0 Å². The third-order valence-corrected chi connectivity index (χ3v) is 3.59. The van der Waals surface area contributed by atoms with Crippen LogP contribution in [0.25, 0.3) is 16.9 Å². The molecule has 19 heavy (non-hydrogen) atoms. The highest BCUT2D eigenvalue weighted by Gasteiger charge is 2.19. The highest BCUT2D eigenvalue weighted by molar-refractivity contribution is 7.07. The normalized spacial score (nSPS) is 11.3. The molecule has 0 amide bonds. The molecule has 0 fully saturated rings. The number of carbonyl (C=O) groups is 1. The second kappa shape index (κ2) is 4.59. The SMILES string of the molecule is CC(C)C(=O)c1cn(-c2cscn2)c2ncccc12. The van der Waals surface area contributed by atoms with Crippen molar-refractivity contribution < 1.29 is 4.79 Å². The van der Waals surface area contributed by atoms with Crippen LogP contribution < -0.4 is 0 Å². The van der Waals surface area contributed by atoms with E-state index in [4.69, 9.17) is 0 Å². The van der Waals surface area contributed by atoms with E-state index in [9.17, 15) is 4.79 Å². The minimum Gasteiger partial charge on any atom is -0.294 e. The number of nitrogens with zero attached hydrogens (tertiary/aromatic N) is 3. The van der Waals surface area contributed by atoms with Gasteiger partial charge in [-0.2, -0.15) is 0 Å². The van der Waals surface area contributed by atoms with E-state index < -0.39 is 0 Å². The van der Waals surface area contributed by atoms with Gasteiger partial charge in [0.15, 0.2) is 5.78 Å². The van der Waals surface area contributed by atoms with Crippen molar-refractivity contribution in [1.82, 2.24) is 14.5 Å². The zero-order valence-corrected chi connectivity index (χ0v) is 11.5. The fraction of sp³-hybridized carbons (Fsp3) is 0.214. The van der Waals surface area contributed by atoms with Gasteiger partial charge in [0.1, 0.15) is 11.5 Å². The molecule has 0 atom stereocenters. The lowest BCUT2D eigenvalue weighted by molar-refractivity contribution is 0.0941. The number of fused-ring (bicyclic) bond motifs is 1. The van der Waals surface area contributed by atoms with E-state index in [-0.39, 0.29) is 11.7 Å². The summed E-state index contributed by atoms with van der Waals surface area (Å²) in [4.78, 5) is 20.9. The molecule has 0 unspecified atom stereocenters. The van der Waals surface area contributed by atoms with Gasteiger partial charge in [-0.3, -0.25) is 9.36 Å². The highest BCUT2D eigenvalue weighted by atomic mass is 32.1. The zero-order valence-electron chi connectivity index (χ0n) is 10.7. The van der Waals surface area contributed by atoms with Crippen LogP contribution in [0.3, 0.4) is 0 Å². The van der Waals surface area contributed by atoms with Gasteiger partial charge in [-0.1, -0.05) is 13.8 Å². The first kappa shape index (κ1) is 12.0. The van der Waals surface area contributed by atoms with Crippen molar-refractivity contribution in [3.63, 3.8) is 0 Å². The van der Waals surface area contributed by atoms with Gasteiger partial charge in [0.2, 0.25) is 0 Å². The number of rotatable bonds is 3. The summed E-state index contributed by atoms with van der Waals surface area (Å²) in [6.07, 6.45) is 3.57. The summed E-state index contributed by atoms with van der Waals surface area (Å²) in [5.41, 5.74) is 3.26. The molecular formula is C14H13N3OS. The van der Waals surface area contributed by atoms with Gasteiger partial charge in [0.25, 0.3) is 0 Å². The molecule has 3 heterocycles. The third-order valence-electron chi connectivity index (χ3n) is 3.02. The first-order valence-electron chi connectivity index (χ1n) is 6.07. The van der Waals surface area contributed by atoms with Crippen molar-refractivity contribution in [2.75, 3.05) is 0 Å². The lowest BCUT2D eigenvalue weighted by Gasteiger charge is -2.01. The van der Waals surface area contributed by atoms with Crippen molar-refractivity contribution in [3.05, 3.63) is 41.0 Å². The van der Waals surface area contributed by atoms with E-state index >= 15 is 0 Å². The summed E-state index contributed by atoms with van der Waals surface area (Å²) < 4.78 is 1.88. The van der Waals surface area contributed by atoms with Crippen LogP contribution in [-0.4, -0.2) is 20.3 Å². The number of carbonyl (C=O) groups excluding carboxylic acids is 1. The van der Waals surface area contributed by atoms with Crippen molar-refractivity contribution in [1.29, 1.82) is 0 Å². The Balaban J connectivity index is 2.28. The summed E-state index contributed by atoms with van der Waals surface area (Å²) in [5, 5.41) is 2.83. The zero-order chi connectivity index (χ0) is 13.4. The second-order valence-electron chi connectivity index (χ2n) is 4.65. The van der Waals surface area contributed by atoms with Gasteiger partial charge in [-0.25, -0.2) is 9.97 Å². The fourth-order valence-corrected chi connectivity index (χ4v) is 2.59. The Morgan fingerprint density at radius 3 is 2.89 bits per heavy atom. The van der Waals surface area contributed by atoms with Crippen LogP contribution in [0.4, 0.5) is 0 Å². The third kappa shape index (κ3) is 1.96. The summed E-state index contributed by atoms with van der Waals surface area (Å²) in [6.45, 7) is 3.81. The molecule has 0 N–H and O–H groups in total. The van der Waals surface area contributed by atoms with Crippen molar-refractivity contribution in [3.8, 4) is 5.82 Å². The molecular weight excluding hydrogens is 258 g/mol. The smallest absolute Gasteiger partial charge is 0.167 e. The maximum atomic E-state index is 12.3. The predicted octanol–water partition coefficient (Wildman–Crippen LogP) is 3.32. The van der Waals surface area contributed by atoms with Crippen LogP contribution in [0.1, 0.15) is 24.2 Å². The fourth-order valence-electron chi connectivity index (χ4n) is 2.07. The molecule has 3 rings (SSSR count). The standard InChI is InChI=1S/C14H13N3OS/c1-9(2)13(18)11-6-17(12-7-19-8-16-12)14-10(11)4-3-5-15-14/h3-9H,1-2H3. The highest BCUT2D eigenvalue weighted by Crippen LogP contribution is 2.25. The van der Waals surface area contributed by atoms with E-state index in [1.54, 1.807) is 11.7 Å². The summed E-state index contributed by atoms with van der Waals surface area (Å²) >= 11 is 1.52. The molecule has 5 heteroatoms. The Labute approximate surface area is 114 Å². The summed E-state index contributed by atoms with van der Waals surface area (Å²) in [5.74, 6) is 0.901. The van der Waals surface area contributed by atoms with E-state index in [0.717, 1.165) is 16.9 Å². The lowest BCUT2D eigenvalue weighted by atomic mass is 10.0. The second-order valence-corrected chi connectivity index (χ2v) is 5.37. The monoisotopic (exact) mass is 271 g/mol. The Bertz CT molecular complexity index is 728. The van der Waals surface area contributed by atoms with Gasteiger partial charge in [-0.15, -0.1) is 11.3 Å². The molecule has 0 saturated heterocycles. The molecule has 3 aromatic rings. The summed E-state index contributed by atoms with van der Waals surface area (Å²) in [7, 11) is 0. The van der Waals surface area contributed by atoms with Crippen LogP contribution >= 0.6 is 11.3 Å². The van der Waals surface area contributed by atoms with Crippen LogP contribution in [0.2, 0.25) is 0 Å². The molecule has 0 radical (unpaired) electrons. The van der Waals surface area contributed by atoms with Crippen LogP contribution in [0.5, 0.6) is 0 Å². The molecule has 0 aromatic carbocycles. The van der Waals surface area contributed by atoms with Crippen LogP contribution in [0.15, 0.2) is 35.4 Å². The molecule has 3 aromatic heterocycles. The van der Waals surface area contributed by atoms with Crippen molar-refractivity contribution in [2.24, 2.45) is 5.92 Å². The Morgan fingerprint density at radius 2 is 2.21 bits per heavy atom. The van der Waals surface area contributed by atoms with E-state index in [2.05, 4.69) is 9.97 Å². The number of hydrogen-bond acceptors (Lipinski definition) is 4. The number of thiazole rings is 1. The average molecular weight is 271 g/mol. The van der Waals surface area contributed by atoms with Crippen LogP contribution in [0, 0.1) is 5.92 Å². The van der Waals surface area contributed by atoms with E-state index in [0.29, 0.717) is 5.56 Å². The maximum Gasteiger partial charge on any atom is 0.167 e. The molecule has 96 valence electrons. The number of hydrogen-bond donors (Lipinski definition) is 0. The van der Waals surface area contributed by atoms with Gasteiger partial charge in [0, 0.05) is 34.6 Å². The van der Waals surface area contributed by atoms with Crippen molar-refractivity contribution in [2.45, 2.75) is 13.8 Å². The maximum absolute atomic E-state index is 12.3. The molecule has 0 aliphatic heterocycles. The Kier molecular flexibility index (Phi) is 2.91. The number of aromatic nitrogens is 3. The Morgan fingerprint density at radius 1 is 1.37 bits per heavy atom. The van der Waals surface area contributed by atoms with Crippen molar-refractivity contribution >= 4 is 28.2 Å². The van der Waals surface area contributed by atoms with E-state index in [1.807, 2.05) is 42.1 Å². The summed E-state index contributed by atoms with van der Waals surface area (Å²) in [6, 6.07) is 3.78. The molecule has 0 aliphatic rings. The molecule has 0 spiro atoms. The molecule has 4 nitrogen and oxygen atoms in total. The largest absolute Gasteiger partial charge is 0.294 e. The number of ketones is 1. The van der Waals surface area contributed by atoms with Gasteiger partial charge in [-0.05, 0) is 12.1 Å². The minimum absolute atomic E-state index is 0.0327. The molecule has 0 aliphatic carbocycles. The van der Waals surface area contributed by atoms with Crippen LogP contribution in [-0.2, 0) is 0 Å². The first-order valence-corrected chi connectivity index (χ1v) is 7.01.